The fourth-order valence-electron chi connectivity index (χ4n) is 3.62. The van der Waals surface area contributed by atoms with E-state index in [2.05, 4.69) is 39.0 Å². The average molecular weight is 345 g/mol. The summed E-state index contributed by atoms with van der Waals surface area (Å²) in [4.78, 5) is 2.61. The summed E-state index contributed by atoms with van der Waals surface area (Å²) in [7, 11) is 1.69. The van der Waals surface area contributed by atoms with Crippen molar-refractivity contribution in [3.05, 3.63) is 36.0 Å². The highest BCUT2D eigenvalue weighted by atomic mass is 32.2. The predicted molar refractivity (Wildman–Crippen MR) is 96.5 cm³/mol. The Bertz CT molecular complexity index is 671. The van der Waals surface area contributed by atoms with Crippen molar-refractivity contribution in [1.29, 1.82) is 0 Å². The molecule has 0 saturated carbocycles. The number of nitrogens with zero attached hydrogens (tertiary/aromatic N) is 2. The highest BCUT2D eigenvalue weighted by Gasteiger charge is 2.34. The molecule has 0 amide bonds. The van der Waals surface area contributed by atoms with E-state index in [-0.39, 0.29) is 0 Å². The Hall–Kier alpha value is -1.50. The summed E-state index contributed by atoms with van der Waals surface area (Å²) in [5, 5.41) is 8.09. The van der Waals surface area contributed by atoms with Crippen LogP contribution in [0.4, 0.5) is 0 Å². The molecule has 1 N–H and O–H groups in total. The topological polar surface area (TPSA) is 50.4 Å². The Kier molecular flexibility index (Phi) is 4.78. The van der Waals surface area contributed by atoms with Crippen LogP contribution in [0.2, 0.25) is 0 Å². The number of fused-ring (bicyclic) bond motifs is 1. The van der Waals surface area contributed by atoms with Crippen molar-refractivity contribution in [3.63, 3.8) is 0 Å². The molecule has 24 heavy (non-hydrogen) atoms. The van der Waals surface area contributed by atoms with Crippen molar-refractivity contribution in [2.75, 3.05) is 32.6 Å². The van der Waals surface area contributed by atoms with Crippen LogP contribution >= 0.6 is 11.8 Å². The summed E-state index contributed by atoms with van der Waals surface area (Å²) in [5.74, 6) is 2.05. The highest BCUT2D eigenvalue weighted by Crippen LogP contribution is 2.32. The zero-order valence-electron chi connectivity index (χ0n) is 13.9. The molecule has 2 atom stereocenters. The number of nitrogens with one attached hydrogen (secondary N) is 1. The summed E-state index contributed by atoms with van der Waals surface area (Å²) in [6.45, 7) is 3.86. The van der Waals surface area contributed by atoms with Gasteiger partial charge in [0.25, 0.3) is 0 Å². The van der Waals surface area contributed by atoms with Gasteiger partial charge in [-0.3, -0.25) is 10.00 Å². The number of benzene rings is 1. The molecule has 5 nitrogen and oxygen atoms in total. The number of ether oxygens (including phenoxy) is 2. The van der Waals surface area contributed by atoms with Crippen molar-refractivity contribution >= 4 is 11.8 Å². The molecule has 2 saturated heterocycles. The van der Waals surface area contributed by atoms with E-state index < -0.39 is 0 Å². The number of rotatable bonds is 4. The normalized spacial score (nSPS) is 24.5. The van der Waals surface area contributed by atoms with Gasteiger partial charge in [-0.25, -0.2) is 0 Å². The lowest BCUT2D eigenvalue weighted by molar-refractivity contribution is 0.0352. The molecule has 0 radical (unpaired) electrons. The van der Waals surface area contributed by atoms with Gasteiger partial charge >= 0.3 is 0 Å². The first kappa shape index (κ1) is 16.0. The lowest BCUT2D eigenvalue weighted by Crippen LogP contribution is -2.51. The largest absolute Gasteiger partial charge is 0.497 e. The van der Waals surface area contributed by atoms with Crippen molar-refractivity contribution in [2.24, 2.45) is 0 Å². The molecule has 128 valence electrons. The molecule has 1 aromatic carbocycles. The minimum absolute atomic E-state index is 0.615. The first-order valence-corrected chi connectivity index (χ1v) is 9.50. The van der Waals surface area contributed by atoms with Gasteiger partial charge in [-0.2, -0.15) is 16.9 Å². The van der Waals surface area contributed by atoms with Crippen LogP contribution in [0.25, 0.3) is 11.3 Å². The van der Waals surface area contributed by atoms with Crippen molar-refractivity contribution < 1.29 is 9.47 Å². The molecule has 4 rings (SSSR count). The van der Waals surface area contributed by atoms with E-state index in [4.69, 9.17) is 9.47 Å². The minimum Gasteiger partial charge on any atom is -0.497 e. The Morgan fingerprint density at radius 3 is 3.08 bits per heavy atom. The Morgan fingerprint density at radius 2 is 2.25 bits per heavy atom. The first-order valence-electron chi connectivity index (χ1n) is 8.45. The summed E-state index contributed by atoms with van der Waals surface area (Å²) in [6.07, 6.45) is 3.10. The molecule has 2 aromatic rings. The quantitative estimate of drug-likeness (QED) is 0.923. The fourth-order valence-corrected chi connectivity index (χ4v) is 4.98. The maximum Gasteiger partial charge on any atom is 0.118 e. The summed E-state index contributed by atoms with van der Waals surface area (Å²) in [6, 6.07) is 8.77. The van der Waals surface area contributed by atoms with E-state index in [1.54, 1.807) is 7.11 Å². The lowest BCUT2D eigenvalue weighted by Gasteiger charge is -2.43. The molecule has 2 aliphatic heterocycles. The molecule has 0 aliphatic carbocycles. The fraction of sp³-hybridized carbons (Fsp3) is 0.500. The number of methoxy groups -OCH3 is 1. The van der Waals surface area contributed by atoms with Crippen LogP contribution in [-0.4, -0.2) is 59.0 Å². The third-order valence-corrected chi connectivity index (χ3v) is 6.22. The number of H-pyrrole nitrogens is 1. The van der Waals surface area contributed by atoms with Gasteiger partial charge < -0.3 is 9.47 Å². The monoisotopic (exact) mass is 345 g/mol. The van der Waals surface area contributed by atoms with Crippen LogP contribution in [0.15, 0.2) is 30.5 Å². The highest BCUT2D eigenvalue weighted by molar-refractivity contribution is 8.00. The third-order valence-electron chi connectivity index (χ3n) is 4.92. The van der Waals surface area contributed by atoms with Gasteiger partial charge in [0.2, 0.25) is 0 Å². The molecule has 0 bridgehead atoms. The molecule has 1 aromatic heterocycles. The molecule has 0 unspecified atom stereocenters. The summed E-state index contributed by atoms with van der Waals surface area (Å²) in [5.41, 5.74) is 3.52. The summed E-state index contributed by atoms with van der Waals surface area (Å²) >= 11 is 2.06. The van der Waals surface area contributed by atoms with E-state index in [0.29, 0.717) is 11.3 Å². The molecule has 3 heterocycles. The maximum absolute atomic E-state index is 5.66. The zero-order valence-corrected chi connectivity index (χ0v) is 14.7. The Labute approximate surface area is 146 Å². The molecule has 2 aliphatic rings. The number of thioether (sulfide) groups is 1. The van der Waals surface area contributed by atoms with Crippen molar-refractivity contribution in [2.45, 2.75) is 24.3 Å². The summed E-state index contributed by atoms with van der Waals surface area (Å²) < 4.78 is 10.9. The first-order chi connectivity index (χ1) is 11.8. The number of hydrogen-bond acceptors (Lipinski definition) is 5. The smallest absolute Gasteiger partial charge is 0.118 e. The van der Waals surface area contributed by atoms with Crippen LogP contribution in [0, 0.1) is 0 Å². The van der Waals surface area contributed by atoms with Gasteiger partial charge in [-0.15, -0.1) is 0 Å². The van der Waals surface area contributed by atoms with Crippen LogP contribution in [0.5, 0.6) is 5.75 Å². The van der Waals surface area contributed by atoms with E-state index in [9.17, 15) is 0 Å². The SMILES string of the molecule is COc1ccc(-c2[nH]ncc2CN2CCS[C@@H]3COCC[C@H]32)cc1. The van der Waals surface area contributed by atoms with Gasteiger partial charge in [0.15, 0.2) is 0 Å². The Balaban J connectivity index is 1.53. The van der Waals surface area contributed by atoms with Gasteiger partial charge in [-0.1, -0.05) is 0 Å². The second-order valence-electron chi connectivity index (χ2n) is 6.31. The number of aromatic amines is 1. The van der Waals surface area contributed by atoms with Gasteiger partial charge in [0.05, 0.1) is 25.6 Å². The van der Waals surface area contributed by atoms with Crippen molar-refractivity contribution in [3.8, 4) is 17.0 Å². The molecular weight excluding hydrogens is 322 g/mol. The minimum atomic E-state index is 0.615. The number of hydrogen-bond donors (Lipinski definition) is 1. The second kappa shape index (κ2) is 7.17. The number of aromatic nitrogens is 2. The second-order valence-corrected chi connectivity index (χ2v) is 7.66. The predicted octanol–water partition coefficient (Wildman–Crippen LogP) is 2.79. The van der Waals surface area contributed by atoms with E-state index in [1.165, 1.54) is 11.3 Å². The van der Waals surface area contributed by atoms with E-state index in [0.717, 1.165) is 49.7 Å². The Morgan fingerprint density at radius 1 is 1.38 bits per heavy atom. The van der Waals surface area contributed by atoms with Gasteiger partial charge in [-0.05, 0) is 30.7 Å². The van der Waals surface area contributed by atoms with Crippen LogP contribution in [0.1, 0.15) is 12.0 Å². The zero-order chi connectivity index (χ0) is 16.4. The lowest BCUT2D eigenvalue weighted by atomic mass is 10.0. The standard InChI is InChI=1S/C18H23N3O2S/c1-22-15-4-2-13(3-5-15)18-14(10-19-20-18)11-21-7-9-24-17-12-23-8-6-16(17)21/h2-5,10,16-17H,6-9,11-12H2,1H3,(H,19,20)/t16-,17-/m1/s1. The van der Waals surface area contributed by atoms with E-state index >= 15 is 0 Å². The van der Waals surface area contributed by atoms with Gasteiger partial charge in [0, 0.05) is 47.9 Å². The molecule has 2 fully saturated rings. The van der Waals surface area contributed by atoms with Crippen molar-refractivity contribution in [1.82, 2.24) is 15.1 Å². The van der Waals surface area contributed by atoms with Crippen LogP contribution < -0.4 is 4.74 Å². The average Bonchev–Trinajstić information content (AvgIpc) is 3.10. The third kappa shape index (κ3) is 3.18. The molecular formula is C18H23N3O2S. The van der Waals surface area contributed by atoms with Crippen LogP contribution in [-0.2, 0) is 11.3 Å². The van der Waals surface area contributed by atoms with E-state index in [1.807, 2.05) is 18.3 Å². The van der Waals surface area contributed by atoms with Gasteiger partial charge in [0.1, 0.15) is 5.75 Å². The van der Waals surface area contributed by atoms with Crippen LogP contribution in [0.3, 0.4) is 0 Å². The molecule has 0 spiro atoms. The maximum atomic E-state index is 5.66. The molecule has 6 heteroatoms.